The van der Waals surface area contributed by atoms with E-state index in [4.69, 9.17) is 9.47 Å². The molecular weight excluding hydrogens is 352 g/mol. The maximum Gasteiger partial charge on any atom is 0.193 e. The standard InChI is InChI=1S/C20H25F2N3O2/c1-23-20(24-11-14-5-7-17(21)16(9-14)13-26-3)25(2)12-15-6-8-19(27-4)18(22)10-15/h5-10H,11-13H2,1-4H3,(H,23,24). The van der Waals surface area contributed by atoms with Crippen LogP contribution in [0.25, 0.3) is 0 Å². The van der Waals surface area contributed by atoms with Gasteiger partial charge in [0.25, 0.3) is 0 Å². The zero-order valence-corrected chi connectivity index (χ0v) is 16.1. The van der Waals surface area contributed by atoms with E-state index in [9.17, 15) is 8.78 Å². The van der Waals surface area contributed by atoms with Crippen LogP contribution in [0.15, 0.2) is 41.4 Å². The molecule has 0 fully saturated rings. The molecule has 1 N–H and O–H groups in total. The lowest BCUT2D eigenvalue weighted by molar-refractivity contribution is 0.181. The monoisotopic (exact) mass is 377 g/mol. The summed E-state index contributed by atoms with van der Waals surface area (Å²) in [6, 6.07) is 9.76. The van der Waals surface area contributed by atoms with Crippen LogP contribution in [0.2, 0.25) is 0 Å². The van der Waals surface area contributed by atoms with E-state index in [0.29, 0.717) is 24.6 Å². The maximum absolute atomic E-state index is 13.9. The number of nitrogens with one attached hydrogen (secondary N) is 1. The van der Waals surface area contributed by atoms with Gasteiger partial charge in [-0.1, -0.05) is 12.1 Å². The maximum atomic E-state index is 13.9. The molecule has 0 saturated carbocycles. The van der Waals surface area contributed by atoms with Gasteiger partial charge in [0, 0.05) is 39.9 Å². The lowest BCUT2D eigenvalue weighted by Crippen LogP contribution is -2.38. The Morgan fingerprint density at radius 2 is 1.81 bits per heavy atom. The van der Waals surface area contributed by atoms with Crippen LogP contribution in [0.1, 0.15) is 16.7 Å². The first-order valence-corrected chi connectivity index (χ1v) is 8.49. The number of aliphatic imine (C=N–C) groups is 1. The Morgan fingerprint density at radius 3 is 2.44 bits per heavy atom. The molecular formula is C20H25F2N3O2. The molecule has 0 aliphatic heterocycles. The molecule has 5 nitrogen and oxygen atoms in total. The van der Waals surface area contributed by atoms with Gasteiger partial charge < -0.3 is 19.7 Å². The molecule has 0 aliphatic carbocycles. The number of halogens is 2. The topological polar surface area (TPSA) is 46.1 Å². The van der Waals surface area contributed by atoms with Crippen molar-refractivity contribution in [1.29, 1.82) is 0 Å². The molecule has 0 heterocycles. The van der Waals surface area contributed by atoms with Crippen LogP contribution >= 0.6 is 0 Å². The van der Waals surface area contributed by atoms with Crippen molar-refractivity contribution in [3.05, 3.63) is 64.7 Å². The molecule has 27 heavy (non-hydrogen) atoms. The molecule has 0 amide bonds. The third-order valence-corrected chi connectivity index (χ3v) is 4.07. The zero-order chi connectivity index (χ0) is 19.8. The number of hydrogen-bond acceptors (Lipinski definition) is 3. The quantitative estimate of drug-likeness (QED) is 0.594. The fraction of sp³-hybridized carbons (Fsp3) is 0.350. The van der Waals surface area contributed by atoms with Gasteiger partial charge >= 0.3 is 0 Å². The third kappa shape index (κ3) is 5.65. The third-order valence-electron chi connectivity index (χ3n) is 4.07. The van der Waals surface area contributed by atoms with Gasteiger partial charge in [0.05, 0.1) is 13.7 Å². The van der Waals surface area contributed by atoms with E-state index in [-0.39, 0.29) is 18.2 Å². The first-order valence-electron chi connectivity index (χ1n) is 8.49. The van der Waals surface area contributed by atoms with Crippen molar-refractivity contribution in [2.45, 2.75) is 19.7 Å². The van der Waals surface area contributed by atoms with Gasteiger partial charge in [0.2, 0.25) is 0 Å². The summed E-state index contributed by atoms with van der Waals surface area (Å²) in [6.45, 7) is 1.17. The van der Waals surface area contributed by atoms with E-state index in [2.05, 4.69) is 10.3 Å². The Kier molecular flexibility index (Phi) is 7.55. The average molecular weight is 377 g/mol. The minimum absolute atomic E-state index is 0.215. The lowest BCUT2D eigenvalue weighted by Gasteiger charge is -2.22. The van der Waals surface area contributed by atoms with E-state index < -0.39 is 5.82 Å². The van der Waals surface area contributed by atoms with Gasteiger partial charge in [-0.15, -0.1) is 0 Å². The number of benzene rings is 2. The molecule has 0 atom stereocenters. The second kappa shape index (κ2) is 9.87. The van der Waals surface area contributed by atoms with E-state index in [1.54, 1.807) is 25.2 Å². The molecule has 0 bridgehead atoms. The molecule has 0 saturated heterocycles. The van der Waals surface area contributed by atoms with Crippen LogP contribution in [0.5, 0.6) is 5.75 Å². The second-order valence-electron chi connectivity index (χ2n) is 6.08. The summed E-state index contributed by atoms with van der Waals surface area (Å²) in [4.78, 5) is 6.12. The fourth-order valence-electron chi connectivity index (χ4n) is 2.73. The van der Waals surface area contributed by atoms with Gasteiger partial charge in [-0.3, -0.25) is 4.99 Å². The van der Waals surface area contributed by atoms with Gasteiger partial charge in [0.15, 0.2) is 17.5 Å². The van der Waals surface area contributed by atoms with E-state index in [0.717, 1.165) is 11.1 Å². The van der Waals surface area contributed by atoms with Crippen LogP contribution in [0.4, 0.5) is 8.78 Å². The molecule has 0 spiro atoms. The molecule has 0 aromatic heterocycles. The van der Waals surface area contributed by atoms with Gasteiger partial charge in [-0.05, 0) is 35.4 Å². The Bertz CT molecular complexity index is 797. The van der Waals surface area contributed by atoms with Crippen LogP contribution < -0.4 is 10.1 Å². The molecule has 146 valence electrons. The Labute approximate surface area is 158 Å². The summed E-state index contributed by atoms with van der Waals surface area (Å²) in [7, 11) is 6.50. The summed E-state index contributed by atoms with van der Waals surface area (Å²) in [6.07, 6.45) is 0. The number of methoxy groups -OCH3 is 2. The Morgan fingerprint density at radius 1 is 1.07 bits per heavy atom. The highest BCUT2D eigenvalue weighted by Crippen LogP contribution is 2.18. The number of rotatable bonds is 7. The smallest absolute Gasteiger partial charge is 0.193 e. The van der Waals surface area contributed by atoms with Gasteiger partial charge in [-0.25, -0.2) is 8.78 Å². The van der Waals surface area contributed by atoms with Crippen LogP contribution in [-0.4, -0.2) is 39.2 Å². The number of guanidine groups is 1. The normalized spacial score (nSPS) is 11.4. The zero-order valence-electron chi connectivity index (χ0n) is 16.1. The SMILES string of the molecule is CN=C(NCc1ccc(F)c(COC)c1)N(C)Cc1ccc(OC)c(F)c1. The summed E-state index contributed by atoms with van der Waals surface area (Å²) >= 11 is 0. The van der Waals surface area contributed by atoms with Crippen molar-refractivity contribution < 1.29 is 18.3 Å². The van der Waals surface area contributed by atoms with E-state index in [1.807, 2.05) is 18.0 Å². The van der Waals surface area contributed by atoms with Crippen molar-refractivity contribution in [2.75, 3.05) is 28.3 Å². The number of hydrogen-bond donors (Lipinski definition) is 1. The molecule has 2 rings (SSSR count). The van der Waals surface area contributed by atoms with Crippen LogP contribution in [0, 0.1) is 11.6 Å². The van der Waals surface area contributed by atoms with Gasteiger partial charge in [0.1, 0.15) is 5.82 Å². The van der Waals surface area contributed by atoms with Crippen molar-refractivity contribution in [1.82, 2.24) is 10.2 Å². The minimum Gasteiger partial charge on any atom is -0.494 e. The van der Waals surface area contributed by atoms with Crippen LogP contribution in [-0.2, 0) is 24.4 Å². The first kappa shape index (κ1) is 20.6. The van der Waals surface area contributed by atoms with Crippen LogP contribution in [0.3, 0.4) is 0 Å². The Hall–Kier alpha value is -2.67. The summed E-state index contributed by atoms with van der Waals surface area (Å²) in [5.74, 6) is 0.169. The molecule has 2 aromatic rings. The lowest BCUT2D eigenvalue weighted by atomic mass is 10.1. The van der Waals surface area contributed by atoms with E-state index >= 15 is 0 Å². The van der Waals surface area contributed by atoms with Crippen molar-refractivity contribution >= 4 is 5.96 Å². The second-order valence-corrected chi connectivity index (χ2v) is 6.08. The van der Waals surface area contributed by atoms with Crippen molar-refractivity contribution in [2.24, 2.45) is 4.99 Å². The summed E-state index contributed by atoms with van der Waals surface area (Å²) in [5.41, 5.74) is 2.21. The number of nitrogens with zero attached hydrogens (tertiary/aromatic N) is 2. The molecule has 2 aromatic carbocycles. The molecule has 0 radical (unpaired) electrons. The van der Waals surface area contributed by atoms with Crippen molar-refractivity contribution in [3.63, 3.8) is 0 Å². The fourth-order valence-corrected chi connectivity index (χ4v) is 2.73. The first-order chi connectivity index (χ1) is 13.0. The predicted molar refractivity (Wildman–Crippen MR) is 102 cm³/mol. The van der Waals surface area contributed by atoms with E-state index in [1.165, 1.54) is 26.4 Å². The molecule has 0 aliphatic rings. The van der Waals surface area contributed by atoms with Crippen molar-refractivity contribution in [3.8, 4) is 5.75 Å². The molecule has 0 unspecified atom stereocenters. The Balaban J connectivity index is 2.00. The molecule has 7 heteroatoms. The minimum atomic E-state index is -0.400. The summed E-state index contributed by atoms with van der Waals surface area (Å²) < 4.78 is 37.5. The average Bonchev–Trinajstić information content (AvgIpc) is 2.65. The predicted octanol–water partition coefficient (Wildman–Crippen LogP) is 3.33. The summed E-state index contributed by atoms with van der Waals surface area (Å²) in [5, 5.41) is 3.23. The highest BCUT2D eigenvalue weighted by molar-refractivity contribution is 5.79. The largest absolute Gasteiger partial charge is 0.494 e. The van der Waals surface area contributed by atoms with Gasteiger partial charge in [-0.2, -0.15) is 0 Å². The highest BCUT2D eigenvalue weighted by Gasteiger charge is 2.10. The number of ether oxygens (including phenoxy) is 2. The highest BCUT2D eigenvalue weighted by atomic mass is 19.1.